The predicted octanol–water partition coefficient (Wildman–Crippen LogP) is -0.459. The molecule has 0 bridgehead atoms. The maximum absolute atomic E-state index is 11.7. The van der Waals surface area contributed by atoms with Crippen LogP contribution in [0.2, 0.25) is 0 Å². The Balaban J connectivity index is 1.60. The van der Waals surface area contributed by atoms with Crippen LogP contribution in [0.3, 0.4) is 0 Å². The lowest BCUT2D eigenvalue weighted by Crippen LogP contribution is -2.41. The van der Waals surface area contributed by atoms with Crippen molar-refractivity contribution in [2.45, 2.75) is 43.8 Å². The number of phosphoric acid groups is 1. The largest absolute Gasteiger partial charge is 0.756 e. The molecule has 3 aliphatic rings. The van der Waals surface area contributed by atoms with Crippen LogP contribution in [0, 0.1) is 0 Å². The standard InChI is InChI=1S/C15H21N6O6P/c16-12-9-13(18-7-17-12)21(15(19-9)20-4-2-1-3-5-20)14-10(22)11-8(26-14)6-25-28(23,24)27-11/h7-8,10-11,14,22H,1-6H2,(H,23,24)(H2,16,17,18)/p-1/t8-,10-,11-,14-/m1/s1. The fourth-order valence-corrected chi connectivity index (χ4v) is 4.96. The van der Waals surface area contributed by atoms with Gasteiger partial charge in [0.05, 0.1) is 6.61 Å². The highest BCUT2D eigenvalue weighted by Gasteiger charge is 2.51. The van der Waals surface area contributed by atoms with E-state index >= 15 is 0 Å². The number of fused-ring (bicyclic) bond motifs is 2. The molecule has 3 fully saturated rings. The van der Waals surface area contributed by atoms with Gasteiger partial charge in [0.2, 0.25) is 5.95 Å². The SMILES string of the molecule is Nc1ncnc2c1nc(N1CCCCC1)n2[C@@H]1O[C@@H]2COP(=O)([O-])O[C@H]2[C@H]1O. The number of rotatable bonds is 2. The first kappa shape index (κ1) is 18.2. The van der Waals surface area contributed by atoms with Crippen molar-refractivity contribution in [1.29, 1.82) is 0 Å². The molecule has 0 radical (unpaired) electrons. The van der Waals surface area contributed by atoms with Gasteiger partial charge in [-0.2, -0.15) is 0 Å². The van der Waals surface area contributed by atoms with E-state index in [0.29, 0.717) is 17.1 Å². The summed E-state index contributed by atoms with van der Waals surface area (Å²) in [7, 11) is -4.46. The first-order valence-electron chi connectivity index (χ1n) is 9.15. The number of imidazole rings is 1. The van der Waals surface area contributed by atoms with Gasteiger partial charge in [-0.25, -0.2) is 15.0 Å². The summed E-state index contributed by atoms with van der Waals surface area (Å²) in [5.41, 5.74) is 6.79. The Morgan fingerprint density at radius 3 is 2.86 bits per heavy atom. The molecule has 2 aromatic heterocycles. The summed E-state index contributed by atoms with van der Waals surface area (Å²) in [6.45, 7) is 1.37. The minimum absolute atomic E-state index is 0.218. The Hall–Kier alpha value is -1.82. The number of nitrogens with two attached hydrogens (primary N) is 1. The molecule has 28 heavy (non-hydrogen) atoms. The van der Waals surface area contributed by atoms with Crippen molar-refractivity contribution in [1.82, 2.24) is 19.5 Å². The molecule has 152 valence electrons. The highest BCUT2D eigenvalue weighted by Crippen LogP contribution is 2.50. The highest BCUT2D eigenvalue weighted by molar-refractivity contribution is 7.45. The third-order valence-electron chi connectivity index (χ3n) is 5.34. The molecule has 0 aromatic carbocycles. The van der Waals surface area contributed by atoms with Gasteiger partial charge in [0.1, 0.15) is 24.6 Å². The lowest BCUT2D eigenvalue weighted by atomic mass is 10.1. The Morgan fingerprint density at radius 1 is 1.29 bits per heavy atom. The zero-order valence-electron chi connectivity index (χ0n) is 14.9. The topological polar surface area (TPSA) is 161 Å². The van der Waals surface area contributed by atoms with Gasteiger partial charge in [0.15, 0.2) is 23.2 Å². The molecule has 5 heterocycles. The Morgan fingerprint density at radius 2 is 2.07 bits per heavy atom. The summed E-state index contributed by atoms with van der Waals surface area (Å²) < 4.78 is 28.9. The highest BCUT2D eigenvalue weighted by atomic mass is 31.2. The van der Waals surface area contributed by atoms with Gasteiger partial charge in [-0.05, 0) is 19.3 Å². The van der Waals surface area contributed by atoms with E-state index in [9.17, 15) is 14.6 Å². The Labute approximate surface area is 159 Å². The van der Waals surface area contributed by atoms with Crippen LogP contribution in [0.15, 0.2) is 6.33 Å². The van der Waals surface area contributed by atoms with E-state index in [-0.39, 0.29) is 12.4 Å². The molecule has 3 aliphatic heterocycles. The van der Waals surface area contributed by atoms with Gasteiger partial charge in [0, 0.05) is 13.1 Å². The van der Waals surface area contributed by atoms with Crippen LogP contribution in [-0.2, 0) is 18.3 Å². The molecule has 5 atom stereocenters. The number of hydrogen-bond acceptors (Lipinski definition) is 11. The fraction of sp³-hybridized carbons (Fsp3) is 0.667. The van der Waals surface area contributed by atoms with Crippen molar-refractivity contribution >= 4 is 30.8 Å². The number of piperidine rings is 1. The van der Waals surface area contributed by atoms with Crippen molar-refractivity contribution in [3.63, 3.8) is 0 Å². The molecule has 0 aliphatic carbocycles. The van der Waals surface area contributed by atoms with E-state index in [0.717, 1.165) is 32.4 Å². The molecular formula is C15H20N6O6P-. The molecule has 1 unspecified atom stereocenters. The van der Waals surface area contributed by atoms with E-state index in [1.54, 1.807) is 4.57 Å². The van der Waals surface area contributed by atoms with Crippen LogP contribution in [-0.4, -0.2) is 62.6 Å². The first-order chi connectivity index (χ1) is 13.4. The summed E-state index contributed by atoms with van der Waals surface area (Å²) in [5, 5.41) is 10.8. The zero-order valence-corrected chi connectivity index (χ0v) is 15.8. The number of ether oxygens (including phenoxy) is 1. The van der Waals surface area contributed by atoms with E-state index in [1.165, 1.54) is 6.33 Å². The van der Waals surface area contributed by atoms with E-state index in [1.807, 2.05) is 0 Å². The third kappa shape index (κ3) is 2.88. The molecular weight excluding hydrogens is 391 g/mol. The van der Waals surface area contributed by atoms with Gasteiger partial charge >= 0.3 is 0 Å². The second-order valence-corrected chi connectivity index (χ2v) is 8.49. The van der Waals surface area contributed by atoms with E-state index < -0.39 is 32.4 Å². The van der Waals surface area contributed by atoms with Crippen LogP contribution in [0.4, 0.5) is 11.8 Å². The second-order valence-electron chi connectivity index (χ2n) is 7.13. The quantitative estimate of drug-likeness (QED) is 0.615. The minimum atomic E-state index is -4.46. The molecule has 0 saturated carbocycles. The van der Waals surface area contributed by atoms with Crippen molar-refractivity contribution in [3.05, 3.63) is 6.33 Å². The Kier molecular flexibility index (Phi) is 4.30. The molecule has 13 heteroatoms. The predicted molar refractivity (Wildman–Crippen MR) is 94.1 cm³/mol. The van der Waals surface area contributed by atoms with Crippen LogP contribution in [0.5, 0.6) is 0 Å². The summed E-state index contributed by atoms with van der Waals surface area (Å²) in [4.78, 5) is 26.6. The normalized spacial score (nSPS) is 36.0. The molecule has 12 nitrogen and oxygen atoms in total. The summed E-state index contributed by atoms with van der Waals surface area (Å²) in [5.74, 6) is 0.770. The second kappa shape index (κ2) is 6.61. The number of aromatic nitrogens is 4. The lowest BCUT2D eigenvalue weighted by molar-refractivity contribution is -0.245. The summed E-state index contributed by atoms with van der Waals surface area (Å²) >= 11 is 0. The van der Waals surface area contributed by atoms with Crippen LogP contribution < -0.4 is 15.5 Å². The number of aliphatic hydroxyl groups excluding tert-OH is 1. The third-order valence-corrected chi connectivity index (χ3v) is 6.30. The van der Waals surface area contributed by atoms with Crippen LogP contribution >= 0.6 is 7.82 Å². The van der Waals surface area contributed by atoms with Gasteiger partial charge in [-0.1, -0.05) is 0 Å². The molecule has 0 spiro atoms. The molecule has 5 rings (SSSR count). The molecule has 2 aromatic rings. The maximum atomic E-state index is 11.7. The summed E-state index contributed by atoms with van der Waals surface area (Å²) in [6, 6.07) is 0. The van der Waals surface area contributed by atoms with Crippen molar-refractivity contribution < 1.29 is 28.3 Å². The van der Waals surface area contributed by atoms with Gasteiger partial charge in [0.25, 0.3) is 7.82 Å². The van der Waals surface area contributed by atoms with Crippen LogP contribution in [0.25, 0.3) is 11.2 Å². The molecule has 3 saturated heterocycles. The Bertz CT molecular complexity index is 948. The number of nitrogens with zero attached hydrogens (tertiary/aromatic N) is 5. The van der Waals surface area contributed by atoms with Crippen molar-refractivity contribution in [3.8, 4) is 0 Å². The smallest absolute Gasteiger partial charge is 0.268 e. The maximum Gasteiger partial charge on any atom is 0.268 e. The molecule has 0 amide bonds. The fourth-order valence-electron chi connectivity index (χ4n) is 4.01. The lowest BCUT2D eigenvalue weighted by Gasteiger charge is -2.34. The number of nitrogen functional groups attached to an aromatic ring is 1. The minimum Gasteiger partial charge on any atom is -0.756 e. The number of anilines is 2. The average molecular weight is 411 g/mol. The van der Waals surface area contributed by atoms with Gasteiger partial charge in [-0.15, -0.1) is 0 Å². The average Bonchev–Trinajstić information content (AvgIpc) is 3.21. The number of phosphoric ester groups is 1. The first-order valence-corrected chi connectivity index (χ1v) is 10.6. The number of hydrogen-bond donors (Lipinski definition) is 2. The zero-order chi connectivity index (χ0) is 19.5. The monoisotopic (exact) mass is 411 g/mol. The van der Waals surface area contributed by atoms with Crippen molar-refractivity contribution in [2.75, 3.05) is 30.3 Å². The van der Waals surface area contributed by atoms with Crippen molar-refractivity contribution in [2.24, 2.45) is 0 Å². The number of aliphatic hydroxyl groups is 1. The molecule has 3 N–H and O–H groups in total. The van der Waals surface area contributed by atoms with Gasteiger partial charge in [-0.3, -0.25) is 9.13 Å². The van der Waals surface area contributed by atoms with Crippen LogP contribution in [0.1, 0.15) is 25.5 Å². The van der Waals surface area contributed by atoms with E-state index in [4.69, 9.17) is 19.5 Å². The van der Waals surface area contributed by atoms with E-state index in [2.05, 4.69) is 19.9 Å². The summed E-state index contributed by atoms with van der Waals surface area (Å²) in [6.07, 6.45) is 0.474. The van der Waals surface area contributed by atoms with Gasteiger partial charge < -0.3 is 34.4 Å².